The summed E-state index contributed by atoms with van der Waals surface area (Å²) in [6, 6.07) is 3.96. The molecule has 1 aromatic heterocycles. The summed E-state index contributed by atoms with van der Waals surface area (Å²) in [6.07, 6.45) is 4.18. The first-order valence-corrected chi connectivity index (χ1v) is 8.61. The number of aromatic nitrogens is 1. The summed E-state index contributed by atoms with van der Waals surface area (Å²) in [7, 11) is 3.25. The molecular weight excluding hydrogens is 324 g/mol. The number of rotatable bonds is 4. The Hall–Kier alpha value is -2.34. The van der Waals surface area contributed by atoms with Crippen LogP contribution >= 0.6 is 11.3 Å². The van der Waals surface area contributed by atoms with E-state index < -0.39 is 0 Å². The monoisotopic (exact) mass is 344 g/mol. The van der Waals surface area contributed by atoms with Crippen molar-refractivity contribution in [1.82, 2.24) is 9.88 Å². The van der Waals surface area contributed by atoms with E-state index in [-0.39, 0.29) is 5.91 Å². The van der Waals surface area contributed by atoms with Crippen LogP contribution in [-0.2, 0) is 17.8 Å². The van der Waals surface area contributed by atoms with Crippen LogP contribution in [0.4, 0.5) is 0 Å². The van der Waals surface area contributed by atoms with E-state index in [2.05, 4.69) is 4.98 Å². The third kappa shape index (κ3) is 3.43. The maximum atomic E-state index is 12.4. The van der Waals surface area contributed by atoms with Crippen LogP contribution in [0.5, 0.6) is 11.5 Å². The van der Waals surface area contributed by atoms with E-state index in [1.54, 1.807) is 37.7 Å². The van der Waals surface area contributed by atoms with E-state index in [1.165, 1.54) is 5.56 Å². The van der Waals surface area contributed by atoms with Gasteiger partial charge in [-0.2, -0.15) is 0 Å². The Morgan fingerprint density at radius 3 is 2.58 bits per heavy atom. The lowest BCUT2D eigenvalue weighted by Gasteiger charge is -2.28. The van der Waals surface area contributed by atoms with Crippen LogP contribution in [0, 0.1) is 6.92 Å². The van der Waals surface area contributed by atoms with Crippen LogP contribution in [0.2, 0.25) is 0 Å². The molecule has 0 N–H and O–H groups in total. The van der Waals surface area contributed by atoms with Crippen molar-refractivity contribution in [3.63, 3.8) is 0 Å². The summed E-state index contributed by atoms with van der Waals surface area (Å²) >= 11 is 1.58. The van der Waals surface area contributed by atoms with Crippen LogP contribution in [0.15, 0.2) is 23.6 Å². The molecule has 5 nitrogen and oxygen atoms in total. The number of hydrogen-bond acceptors (Lipinski definition) is 5. The largest absolute Gasteiger partial charge is 0.493 e. The standard InChI is InChI=1S/C18H20N2O3S/c1-12-19-15(11-24-12)4-5-18(21)20-7-6-13-8-16(22-2)17(23-3)9-14(13)10-20/h4-5,8-9,11H,6-7,10H2,1-3H3/b5-4+. The highest BCUT2D eigenvalue weighted by molar-refractivity contribution is 7.09. The average molecular weight is 344 g/mol. The molecular formula is C18H20N2O3S. The van der Waals surface area contributed by atoms with Gasteiger partial charge >= 0.3 is 0 Å². The molecule has 0 radical (unpaired) electrons. The molecule has 0 saturated carbocycles. The number of benzene rings is 1. The van der Waals surface area contributed by atoms with Gasteiger partial charge in [-0.25, -0.2) is 4.98 Å². The molecule has 0 aliphatic carbocycles. The van der Waals surface area contributed by atoms with Crippen molar-refractivity contribution in [3.05, 3.63) is 45.4 Å². The molecule has 1 aromatic carbocycles. The lowest BCUT2D eigenvalue weighted by molar-refractivity contribution is -0.126. The molecule has 1 aliphatic heterocycles. The minimum absolute atomic E-state index is 0.00101. The number of nitrogens with zero attached hydrogens (tertiary/aromatic N) is 2. The molecule has 6 heteroatoms. The molecule has 126 valence electrons. The number of carbonyl (C=O) groups is 1. The van der Waals surface area contributed by atoms with Crippen molar-refractivity contribution >= 4 is 23.3 Å². The van der Waals surface area contributed by atoms with E-state index >= 15 is 0 Å². The fourth-order valence-electron chi connectivity index (χ4n) is 2.79. The fraction of sp³-hybridized carbons (Fsp3) is 0.333. The highest BCUT2D eigenvalue weighted by Crippen LogP contribution is 2.33. The maximum Gasteiger partial charge on any atom is 0.246 e. The minimum atomic E-state index is 0.00101. The van der Waals surface area contributed by atoms with Crippen LogP contribution in [0.1, 0.15) is 21.8 Å². The number of carbonyl (C=O) groups excluding carboxylic acids is 1. The number of hydrogen-bond donors (Lipinski definition) is 0. The molecule has 2 aromatic rings. The van der Waals surface area contributed by atoms with E-state index in [0.29, 0.717) is 18.8 Å². The van der Waals surface area contributed by atoms with Crippen LogP contribution in [0.25, 0.3) is 6.08 Å². The molecule has 3 rings (SSSR count). The molecule has 0 bridgehead atoms. The van der Waals surface area contributed by atoms with Gasteiger partial charge in [-0.1, -0.05) is 0 Å². The van der Waals surface area contributed by atoms with Gasteiger partial charge in [-0.05, 0) is 42.7 Å². The first-order valence-electron chi connectivity index (χ1n) is 7.73. The van der Waals surface area contributed by atoms with Crippen LogP contribution in [0.3, 0.4) is 0 Å². The van der Waals surface area contributed by atoms with Gasteiger partial charge in [0.15, 0.2) is 11.5 Å². The molecule has 0 atom stereocenters. The Bertz CT molecular complexity index is 783. The van der Waals surface area contributed by atoms with Crippen molar-refractivity contribution < 1.29 is 14.3 Å². The van der Waals surface area contributed by atoms with E-state index in [1.807, 2.05) is 29.3 Å². The summed E-state index contributed by atoms with van der Waals surface area (Å²) < 4.78 is 10.7. The average Bonchev–Trinajstić information content (AvgIpc) is 3.03. The third-order valence-electron chi connectivity index (χ3n) is 4.06. The van der Waals surface area contributed by atoms with Crippen LogP contribution in [-0.4, -0.2) is 36.6 Å². The van der Waals surface area contributed by atoms with E-state index in [4.69, 9.17) is 9.47 Å². The normalized spacial score (nSPS) is 13.9. The van der Waals surface area contributed by atoms with Crippen LogP contribution < -0.4 is 9.47 Å². The van der Waals surface area contributed by atoms with Gasteiger partial charge in [0.1, 0.15) is 0 Å². The highest BCUT2D eigenvalue weighted by Gasteiger charge is 2.21. The van der Waals surface area contributed by atoms with E-state index in [9.17, 15) is 4.79 Å². The minimum Gasteiger partial charge on any atom is -0.493 e. The topological polar surface area (TPSA) is 51.7 Å². The lowest BCUT2D eigenvalue weighted by Crippen LogP contribution is -2.34. The lowest BCUT2D eigenvalue weighted by atomic mass is 9.98. The highest BCUT2D eigenvalue weighted by atomic mass is 32.1. The molecule has 0 spiro atoms. The van der Waals surface area contributed by atoms with E-state index in [0.717, 1.165) is 28.4 Å². The summed E-state index contributed by atoms with van der Waals surface area (Å²) in [5.74, 6) is 1.43. The first-order chi connectivity index (χ1) is 11.6. The Morgan fingerprint density at radius 1 is 1.25 bits per heavy atom. The van der Waals surface area contributed by atoms with Crippen molar-refractivity contribution in [2.45, 2.75) is 19.9 Å². The Morgan fingerprint density at radius 2 is 1.96 bits per heavy atom. The molecule has 2 heterocycles. The van der Waals surface area contributed by atoms with Gasteiger partial charge in [-0.15, -0.1) is 11.3 Å². The number of ether oxygens (including phenoxy) is 2. The second-order valence-corrected chi connectivity index (χ2v) is 6.67. The molecule has 0 unspecified atom stereocenters. The molecule has 1 aliphatic rings. The smallest absolute Gasteiger partial charge is 0.246 e. The van der Waals surface area contributed by atoms with Gasteiger partial charge in [0.2, 0.25) is 5.91 Å². The van der Waals surface area contributed by atoms with Gasteiger partial charge in [0.05, 0.1) is 24.9 Å². The third-order valence-corrected chi connectivity index (χ3v) is 4.85. The predicted octanol–water partition coefficient (Wildman–Crippen LogP) is 3.07. The second-order valence-electron chi connectivity index (χ2n) is 5.61. The maximum absolute atomic E-state index is 12.4. The Labute approximate surface area is 145 Å². The summed E-state index contributed by atoms with van der Waals surface area (Å²) in [4.78, 5) is 18.6. The van der Waals surface area contributed by atoms with Crippen molar-refractivity contribution in [2.24, 2.45) is 0 Å². The molecule has 1 amide bonds. The number of thiazole rings is 1. The zero-order valence-corrected chi connectivity index (χ0v) is 14.9. The molecule has 24 heavy (non-hydrogen) atoms. The number of fused-ring (bicyclic) bond motifs is 1. The Balaban J connectivity index is 1.74. The second kappa shape index (κ2) is 7.05. The van der Waals surface area contributed by atoms with Crippen molar-refractivity contribution in [2.75, 3.05) is 20.8 Å². The number of amides is 1. The summed E-state index contributed by atoms with van der Waals surface area (Å²) in [5, 5.41) is 2.94. The zero-order chi connectivity index (χ0) is 17.1. The van der Waals surface area contributed by atoms with Gasteiger partial charge in [-0.3, -0.25) is 4.79 Å². The van der Waals surface area contributed by atoms with Gasteiger partial charge in [0.25, 0.3) is 0 Å². The fourth-order valence-corrected chi connectivity index (χ4v) is 3.37. The summed E-state index contributed by atoms with van der Waals surface area (Å²) in [5.41, 5.74) is 3.13. The predicted molar refractivity (Wildman–Crippen MR) is 94.6 cm³/mol. The Kier molecular flexibility index (Phi) is 4.85. The van der Waals surface area contributed by atoms with Crippen molar-refractivity contribution in [3.8, 4) is 11.5 Å². The zero-order valence-electron chi connectivity index (χ0n) is 14.0. The number of methoxy groups -OCH3 is 2. The summed E-state index contributed by atoms with van der Waals surface area (Å²) in [6.45, 7) is 3.23. The molecule has 0 fully saturated rings. The first kappa shape index (κ1) is 16.5. The van der Waals surface area contributed by atoms with Gasteiger partial charge in [0, 0.05) is 24.5 Å². The molecule has 0 saturated heterocycles. The van der Waals surface area contributed by atoms with Crippen molar-refractivity contribution in [1.29, 1.82) is 0 Å². The van der Waals surface area contributed by atoms with Gasteiger partial charge < -0.3 is 14.4 Å². The SMILES string of the molecule is COc1cc2c(cc1OC)CN(C(=O)/C=C/c1csc(C)n1)CC2. The number of aryl methyl sites for hydroxylation is 1. The quantitative estimate of drug-likeness (QED) is 0.800.